The predicted octanol–water partition coefficient (Wildman–Crippen LogP) is 6.57. The van der Waals surface area contributed by atoms with Gasteiger partial charge in [0.05, 0.1) is 6.54 Å². The summed E-state index contributed by atoms with van der Waals surface area (Å²) in [5.41, 5.74) is 7.18. The second kappa shape index (κ2) is 9.09. The average molecular weight is 386 g/mol. The summed E-state index contributed by atoms with van der Waals surface area (Å²) in [5, 5.41) is 0. The molecular weight excluding hydrogens is 352 g/mol. The molecule has 0 aliphatic carbocycles. The van der Waals surface area contributed by atoms with Crippen molar-refractivity contribution in [3.8, 4) is 16.9 Å². The van der Waals surface area contributed by atoms with Crippen LogP contribution in [0.1, 0.15) is 44.5 Å². The summed E-state index contributed by atoms with van der Waals surface area (Å²) in [6.07, 6.45) is 7.17. The number of hydrogen-bond acceptors (Lipinski definition) is 0. The molecule has 0 saturated carbocycles. The fraction of sp³-hybridized carbons (Fsp3) is 0.296. The summed E-state index contributed by atoms with van der Waals surface area (Å²) < 4.78 is 4.61. The van der Waals surface area contributed by atoms with Gasteiger partial charge >= 0.3 is 0 Å². The van der Waals surface area contributed by atoms with Gasteiger partial charge in [0.2, 0.25) is 6.33 Å². The summed E-state index contributed by atoms with van der Waals surface area (Å²) in [6.45, 7) is 18.0. The van der Waals surface area contributed by atoms with Gasteiger partial charge < -0.3 is 0 Å². The van der Waals surface area contributed by atoms with Crippen LogP contribution in [0.2, 0.25) is 0 Å². The molecule has 2 nitrogen and oxygen atoms in total. The molecule has 0 saturated heterocycles. The van der Waals surface area contributed by atoms with Gasteiger partial charge in [0, 0.05) is 5.56 Å². The van der Waals surface area contributed by atoms with Gasteiger partial charge in [0.25, 0.3) is 0 Å². The fourth-order valence-corrected chi connectivity index (χ4v) is 3.80. The van der Waals surface area contributed by atoms with Gasteiger partial charge in [-0.2, -0.15) is 4.57 Å². The molecule has 0 N–H and O–H groups in total. The summed E-state index contributed by atoms with van der Waals surface area (Å²) >= 11 is 0. The maximum absolute atomic E-state index is 4.12. The third-order valence-corrected chi connectivity index (χ3v) is 5.08. The Morgan fingerprint density at radius 2 is 1.52 bits per heavy atom. The number of benzene rings is 2. The van der Waals surface area contributed by atoms with Crippen molar-refractivity contribution in [3.05, 3.63) is 84.8 Å². The van der Waals surface area contributed by atoms with Crippen molar-refractivity contribution < 1.29 is 4.57 Å². The third kappa shape index (κ3) is 4.76. The van der Waals surface area contributed by atoms with Crippen molar-refractivity contribution in [1.82, 2.24) is 4.57 Å². The largest absolute Gasteiger partial charge is 0.250 e. The Bertz CT molecular complexity index is 971. The minimum Gasteiger partial charge on any atom is -0.229 e. The van der Waals surface area contributed by atoms with E-state index in [1.54, 1.807) is 0 Å². The third-order valence-electron chi connectivity index (χ3n) is 5.08. The Kier molecular flexibility index (Phi) is 6.53. The molecule has 1 aromatic heterocycles. The SMILES string of the molecule is C=Cc1ccc(-c2c(C=C)[n+](CC(C)C)cn2-c2ccc(CC(C)C)cc2)cc1. The molecule has 3 rings (SSSR count). The smallest absolute Gasteiger partial charge is 0.229 e. The van der Waals surface area contributed by atoms with Gasteiger partial charge in [-0.15, -0.1) is 0 Å². The van der Waals surface area contributed by atoms with Gasteiger partial charge in [-0.05, 0) is 59.7 Å². The number of hydrogen-bond donors (Lipinski definition) is 0. The highest BCUT2D eigenvalue weighted by molar-refractivity contribution is 5.71. The Hall–Kier alpha value is -2.87. The first-order chi connectivity index (χ1) is 13.9. The van der Waals surface area contributed by atoms with Crippen LogP contribution in [0.4, 0.5) is 0 Å². The van der Waals surface area contributed by atoms with E-state index in [0.717, 1.165) is 24.2 Å². The molecule has 0 fully saturated rings. The van der Waals surface area contributed by atoms with Gasteiger partial charge in [-0.3, -0.25) is 0 Å². The molecule has 0 unspecified atom stereocenters. The maximum atomic E-state index is 4.12. The van der Waals surface area contributed by atoms with Crippen LogP contribution in [0.3, 0.4) is 0 Å². The molecule has 2 aromatic carbocycles. The summed E-state index contributed by atoms with van der Waals surface area (Å²) in [4.78, 5) is 0. The first-order valence-electron chi connectivity index (χ1n) is 10.5. The molecule has 0 aliphatic rings. The lowest BCUT2D eigenvalue weighted by Gasteiger charge is -2.07. The van der Waals surface area contributed by atoms with E-state index < -0.39 is 0 Å². The van der Waals surface area contributed by atoms with Gasteiger partial charge in [0.15, 0.2) is 11.4 Å². The van der Waals surface area contributed by atoms with E-state index in [1.165, 1.54) is 22.5 Å². The number of nitrogens with zero attached hydrogens (tertiary/aromatic N) is 2. The Balaban J connectivity index is 2.14. The zero-order valence-corrected chi connectivity index (χ0v) is 18.2. The first kappa shape index (κ1) is 20.9. The van der Waals surface area contributed by atoms with Crippen LogP contribution in [0.5, 0.6) is 0 Å². The van der Waals surface area contributed by atoms with Crippen molar-refractivity contribution in [3.63, 3.8) is 0 Å². The molecule has 1 heterocycles. The van der Waals surface area contributed by atoms with E-state index in [4.69, 9.17) is 0 Å². The fourth-order valence-electron chi connectivity index (χ4n) is 3.80. The minimum atomic E-state index is 0.555. The van der Waals surface area contributed by atoms with E-state index in [2.05, 4.69) is 105 Å². The molecule has 3 aromatic rings. The van der Waals surface area contributed by atoms with E-state index >= 15 is 0 Å². The minimum absolute atomic E-state index is 0.555. The normalized spacial score (nSPS) is 11.2. The highest BCUT2D eigenvalue weighted by Crippen LogP contribution is 2.28. The summed E-state index contributed by atoms with van der Waals surface area (Å²) in [6, 6.07) is 17.5. The Labute approximate surface area is 175 Å². The van der Waals surface area contributed by atoms with Crippen molar-refractivity contribution >= 4 is 12.2 Å². The van der Waals surface area contributed by atoms with E-state index in [0.29, 0.717) is 11.8 Å². The molecule has 0 atom stereocenters. The molecule has 0 bridgehead atoms. The van der Waals surface area contributed by atoms with Crippen LogP contribution in [-0.2, 0) is 13.0 Å². The second-order valence-corrected chi connectivity index (χ2v) is 8.56. The van der Waals surface area contributed by atoms with Crippen LogP contribution in [0.15, 0.2) is 68.0 Å². The Morgan fingerprint density at radius 3 is 2.03 bits per heavy atom. The highest BCUT2D eigenvalue weighted by Gasteiger charge is 2.24. The molecule has 2 heteroatoms. The monoisotopic (exact) mass is 385 g/mol. The zero-order valence-electron chi connectivity index (χ0n) is 18.2. The second-order valence-electron chi connectivity index (χ2n) is 8.56. The highest BCUT2D eigenvalue weighted by atomic mass is 15.1. The van der Waals surface area contributed by atoms with Crippen molar-refractivity contribution in [2.75, 3.05) is 0 Å². The first-order valence-corrected chi connectivity index (χ1v) is 10.5. The molecule has 150 valence electrons. The van der Waals surface area contributed by atoms with Gasteiger partial charge in [0.1, 0.15) is 5.69 Å². The van der Waals surface area contributed by atoms with E-state index in [9.17, 15) is 0 Å². The lowest BCUT2D eigenvalue weighted by Crippen LogP contribution is -2.37. The van der Waals surface area contributed by atoms with Crippen molar-refractivity contribution in [2.24, 2.45) is 11.8 Å². The van der Waals surface area contributed by atoms with Crippen molar-refractivity contribution in [1.29, 1.82) is 0 Å². The predicted molar refractivity (Wildman–Crippen MR) is 125 cm³/mol. The van der Waals surface area contributed by atoms with Gasteiger partial charge in [-0.1, -0.05) is 71.2 Å². The van der Waals surface area contributed by atoms with E-state index in [1.807, 2.05) is 12.2 Å². The van der Waals surface area contributed by atoms with Crippen LogP contribution >= 0.6 is 0 Å². The lowest BCUT2D eigenvalue weighted by molar-refractivity contribution is -0.702. The maximum Gasteiger partial charge on any atom is 0.250 e. The zero-order chi connectivity index (χ0) is 21.0. The number of rotatable bonds is 8. The van der Waals surface area contributed by atoms with Crippen molar-refractivity contribution in [2.45, 2.75) is 40.7 Å². The quantitative estimate of drug-likeness (QED) is 0.388. The van der Waals surface area contributed by atoms with Crippen LogP contribution < -0.4 is 4.57 Å². The van der Waals surface area contributed by atoms with Crippen LogP contribution in [0, 0.1) is 11.8 Å². The number of imidazole rings is 1. The molecule has 0 spiro atoms. The summed E-state index contributed by atoms with van der Waals surface area (Å²) in [7, 11) is 0. The van der Waals surface area contributed by atoms with Crippen LogP contribution in [0.25, 0.3) is 29.1 Å². The summed E-state index contributed by atoms with van der Waals surface area (Å²) in [5.74, 6) is 1.21. The average Bonchev–Trinajstić information content (AvgIpc) is 3.05. The van der Waals surface area contributed by atoms with Crippen LogP contribution in [-0.4, -0.2) is 4.57 Å². The van der Waals surface area contributed by atoms with E-state index in [-0.39, 0.29) is 0 Å². The molecule has 0 amide bonds. The standard InChI is InChI=1S/C27H33N2/c1-7-22-9-13-24(14-10-22)27-26(8-2)28(18-21(5)6)19-29(27)25-15-11-23(12-16-25)17-20(3)4/h7-16,19-21H,1-2,17-18H2,3-6H3/q+1. The lowest BCUT2D eigenvalue weighted by atomic mass is 10.0. The van der Waals surface area contributed by atoms with Gasteiger partial charge in [-0.25, -0.2) is 4.57 Å². The topological polar surface area (TPSA) is 8.81 Å². The molecule has 29 heavy (non-hydrogen) atoms. The molecule has 0 radical (unpaired) electrons. The molecule has 0 aliphatic heterocycles. The number of aromatic nitrogens is 2. The molecular formula is C27H33N2+. The Morgan fingerprint density at radius 1 is 0.862 bits per heavy atom.